The minimum atomic E-state index is -0.419. The van der Waals surface area contributed by atoms with E-state index in [1.807, 2.05) is 29.6 Å². The van der Waals surface area contributed by atoms with Gasteiger partial charge in [-0.2, -0.15) is 0 Å². The number of carbonyl (C=O) groups is 1. The highest BCUT2D eigenvalue weighted by molar-refractivity contribution is 7.12. The average Bonchev–Trinajstić information content (AvgIpc) is 3.26. The van der Waals surface area contributed by atoms with Crippen LogP contribution in [0.25, 0.3) is 22.6 Å². The number of carbonyl (C=O) groups excluding carboxylic acids is 1. The van der Waals surface area contributed by atoms with Gasteiger partial charge in [-0.05, 0) is 23.6 Å². The molecule has 0 aliphatic rings. The van der Waals surface area contributed by atoms with Crippen LogP contribution in [0.1, 0.15) is 9.67 Å². The number of aromatic nitrogens is 4. The summed E-state index contributed by atoms with van der Waals surface area (Å²) in [6.07, 6.45) is 0. The summed E-state index contributed by atoms with van der Waals surface area (Å²) in [5.74, 6) is 0.443. The normalized spacial score (nSPS) is 10.9. The number of H-pyrrole nitrogens is 2. The number of hydrogen-bond donors (Lipinski definition) is 2. The molecule has 6 nitrogen and oxygen atoms in total. The average molecular weight is 310 g/mol. The fourth-order valence-electron chi connectivity index (χ4n) is 2.10. The van der Waals surface area contributed by atoms with Crippen LogP contribution < -0.4 is 4.74 Å². The number of esters is 1. The summed E-state index contributed by atoms with van der Waals surface area (Å²) in [7, 11) is 0. The Hall–Kier alpha value is -2.93. The Morgan fingerprint density at radius 1 is 1.18 bits per heavy atom. The number of thiophene rings is 1. The van der Waals surface area contributed by atoms with Crippen molar-refractivity contribution in [1.29, 1.82) is 0 Å². The van der Waals surface area contributed by atoms with Gasteiger partial charge in [-0.25, -0.2) is 9.78 Å². The van der Waals surface area contributed by atoms with Crippen LogP contribution >= 0.6 is 11.3 Å². The molecular weight excluding hydrogens is 300 g/mol. The van der Waals surface area contributed by atoms with Gasteiger partial charge < -0.3 is 9.72 Å². The second-order valence-corrected chi connectivity index (χ2v) is 5.54. The van der Waals surface area contributed by atoms with Crippen LogP contribution in [-0.4, -0.2) is 26.1 Å². The van der Waals surface area contributed by atoms with Gasteiger partial charge in [0.05, 0.1) is 11.0 Å². The second kappa shape index (κ2) is 5.12. The Morgan fingerprint density at radius 2 is 2.09 bits per heavy atom. The predicted octanol–water partition coefficient (Wildman–Crippen LogP) is 3.23. The molecule has 0 saturated carbocycles. The topological polar surface area (TPSA) is 83.7 Å². The maximum Gasteiger partial charge on any atom is 0.355 e. The lowest BCUT2D eigenvalue weighted by molar-refractivity contribution is 0.0732. The number of rotatable bonds is 3. The Labute approximate surface area is 128 Å². The third-order valence-electron chi connectivity index (χ3n) is 3.12. The Bertz CT molecular complexity index is 906. The Kier molecular flexibility index (Phi) is 2.97. The van der Waals surface area contributed by atoms with E-state index in [0.29, 0.717) is 16.4 Å². The minimum absolute atomic E-state index is 0.217. The van der Waals surface area contributed by atoms with Crippen molar-refractivity contribution in [2.24, 2.45) is 0 Å². The van der Waals surface area contributed by atoms with E-state index in [2.05, 4.69) is 20.2 Å². The number of aromatic amines is 2. The van der Waals surface area contributed by atoms with Crippen LogP contribution in [0.15, 0.2) is 47.8 Å². The van der Waals surface area contributed by atoms with Crippen LogP contribution in [0.5, 0.6) is 5.88 Å². The van der Waals surface area contributed by atoms with Crippen molar-refractivity contribution >= 4 is 28.3 Å². The number of fused-ring (bicyclic) bond motifs is 1. The first-order chi connectivity index (χ1) is 10.8. The molecule has 0 amide bonds. The summed E-state index contributed by atoms with van der Waals surface area (Å²) in [6.45, 7) is 0. The molecule has 0 radical (unpaired) electrons. The first-order valence-corrected chi connectivity index (χ1v) is 7.44. The molecule has 0 aliphatic heterocycles. The van der Waals surface area contributed by atoms with Crippen molar-refractivity contribution in [3.8, 4) is 17.4 Å². The van der Waals surface area contributed by atoms with Crippen LogP contribution in [0.2, 0.25) is 0 Å². The molecule has 0 bridgehead atoms. The zero-order valence-corrected chi connectivity index (χ0v) is 12.1. The second-order valence-electron chi connectivity index (χ2n) is 4.59. The number of nitrogens with one attached hydrogen (secondary N) is 2. The molecule has 4 rings (SSSR count). The van der Waals surface area contributed by atoms with Crippen molar-refractivity contribution in [2.75, 3.05) is 0 Å². The lowest BCUT2D eigenvalue weighted by Crippen LogP contribution is -2.06. The molecule has 0 fully saturated rings. The summed E-state index contributed by atoms with van der Waals surface area (Å²) in [6, 6.07) is 12.9. The number of para-hydroxylation sites is 2. The zero-order valence-electron chi connectivity index (χ0n) is 11.2. The Morgan fingerprint density at radius 3 is 2.91 bits per heavy atom. The molecule has 3 heterocycles. The van der Waals surface area contributed by atoms with Crippen molar-refractivity contribution in [3.05, 3.63) is 52.7 Å². The number of nitrogens with zero attached hydrogens (tertiary/aromatic N) is 2. The molecule has 0 atom stereocenters. The van der Waals surface area contributed by atoms with Gasteiger partial charge in [-0.15, -0.1) is 16.4 Å². The predicted molar refractivity (Wildman–Crippen MR) is 83.0 cm³/mol. The van der Waals surface area contributed by atoms with Crippen LogP contribution in [0.4, 0.5) is 0 Å². The highest BCUT2D eigenvalue weighted by Crippen LogP contribution is 2.22. The van der Waals surface area contributed by atoms with E-state index in [1.165, 1.54) is 11.3 Å². The standard InChI is InChI=1S/C15H10N4O2S/c20-15(12-6-3-7-22-12)21-13-8-11(18-19-13)14-16-9-4-1-2-5-10(9)17-14/h1-8H,(H,16,17)(H,18,19). The van der Waals surface area contributed by atoms with E-state index in [0.717, 1.165) is 11.0 Å². The minimum Gasteiger partial charge on any atom is -0.402 e. The summed E-state index contributed by atoms with van der Waals surface area (Å²) >= 11 is 1.33. The van der Waals surface area contributed by atoms with Crippen molar-refractivity contribution in [2.45, 2.75) is 0 Å². The third-order valence-corrected chi connectivity index (χ3v) is 3.97. The van der Waals surface area contributed by atoms with E-state index >= 15 is 0 Å². The maximum absolute atomic E-state index is 11.9. The molecule has 2 N–H and O–H groups in total. The summed E-state index contributed by atoms with van der Waals surface area (Å²) in [5.41, 5.74) is 2.46. The number of benzene rings is 1. The molecule has 0 saturated heterocycles. The molecule has 4 aromatic rings. The first kappa shape index (κ1) is 12.8. The maximum atomic E-state index is 11.9. The lowest BCUT2D eigenvalue weighted by atomic mass is 10.3. The van der Waals surface area contributed by atoms with E-state index in [-0.39, 0.29) is 5.88 Å². The summed E-state index contributed by atoms with van der Waals surface area (Å²) in [4.78, 5) is 20.1. The van der Waals surface area contributed by atoms with Gasteiger partial charge in [0, 0.05) is 6.07 Å². The molecule has 22 heavy (non-hydrogen) atoms. The fourth-order valence-corrected chi connectivity index (χ4v) is 2.70. The van der Waals surface area contributed by atoms with Crippen molar-refractivity contribution in [1.82, 2.24) is 20.2 Å². The number of hydrogen-bond acceptors (Lipinski definition) is 5. The van der Waals surface area contributed by atoms with E-state index in [1.54, 1.807) is 18.2 Å². The molecular formula is C15H10N4O2S. The van der Waals surface area contributed by atoms with Crippen molar-refractivity contribution < 1.29 is 9.53 Å². The Balaban J connectivity index is 1.59. The molecule has 1 aromatic carbocycles. The largest absolute Gasteiger partial charge is 0.402 e. The van der Waals surface area contributed by atoms with Gasteiger partial charge in [0.2, 0.25) is 5.88 Å². The van der Waals surface area contributed by atoms with E-state index in [9.17, 15) is 4.79 Å². The van der Waals surface area contributed by atoms with Crippen LogP contribution in [-0.2, 0) is 0 Å². The van der Waals surface area contributed by atoms with Gasteiger partial charge >= 0.3 is 5.97 Å². The van der Waals surface area contributed by atoms with Crippen LogP contribution in [0.3, 0.4) is 0 Å². The monoisotopic (exact) mass is 310 g/mol. The summed E-state index contributed by atoms with van der Waals surface area (Å²) < 4.78 is 5.22. The quantitative estimate of drug-likeness (QED) is 0.569. The molecule has 108 valence electrons. The van der Waals surface area contributed by atoms with Gasteiger partial charge in [0.1, 0.15) is 10.6 Å². The van der Waals surface area contributed by atoms with Gasteiger partial charge in [-0.3, -0.25) is 5.10 Å². The number of imidazole rings is 1. The first-order valence-electron chi connectivity index (χ1n) is 6.56. The third kappa shape index (κ3) is 2.27. The molecule has 3 aromatic heterocycles. The molecule has 0 spiro atoms. The molecule has 0 aliphatic carbocycles. The van der Waals surface area contributed by atoms with Gasteiger partial charge in [-0.1, -0.05) is 18.2 Å². The zero-order chi connectivity index (χ0) is 14.9. The SMILES string of the molecule is O=C(Oc1cc(-c2nc3ccccc3[nH]2)[nH]n1)c1cccs1. The highest BCUT2D eigenvalue weighted by Gasteiger charge is 2.14. The summed E-state index contributed by atoms with van der Waals surface area (Å²) in [5, 5.41) is 8.63. The van der Waals surface area contributed by atoms with Crippen LogP contribution in [0, 0.1) is 0 Å². The molecule has 7 heteroatoms. The van der Waals surface area contributed by atoms with Gasteiger partial charge in [0.15, 0.2) is 5.82 Å². The van der Waals surface area contributed by atoms with E-state index in [4.69, 9.17) is 4.74 Å². The fraction of sp³-hybridized carbons (Fsp3) is 0. The smallest absolute Gasteiger partial charge is 0.355 e. The number of ether oxygens (including phenoxy) is 1. The van der Waals surface area contributed by atoms with Gasteiger partial charge in [0.25, 0.3) is 0 Å². The highest BCUT2D eigenvalue weighted by atomic mass is 32.1. The molecule has 0 unspecified atom stereocenters. The van der Waals surface area contributed by atoms with Crippen molar-refractivity contribution in [3.63, 3.8) is 0 Å². The van der Waals surface area contributed by atoms with E-state index < -0.39 is 5.97 Å². The lowest BCUT2D eigenvalue weighted by Gasteiger charge is -1.96.